The standard InChI is InChI=1S/C4H7FO/c1-4(6)2-3-5/h2,6H,3H2,1H3. The van der Waals surface area contributed by atoms with Crippen LogP contribution in [-0.4, -0.2) is 11.8 Å². The second kappa shape index (κ2) is 2.69. The molecule has 1 N–H and O–H groups in total. The maximum atomic E-state index is 11.0. The summed E-state index contributed by atoms with van der Waals surface area (Å²) in [6, 6.07) is 0. The van der Waals surface area contributed by atoms with Crippen molar-refractivity contribution in [2.45, 2.75) is 6.92 Å². The molecule has 0 radical (unpaired) electrons. The van der Waals surface area contributed by atoms with Gasteiger partial charge in [-0.1, -0.05) is 0 Å². The third-order valence-corrected chi connectivity index (χ3v) is 0.373. The van der Waals surface area contributed by atoms with Crippen molar-refractivity contribution < 1.29 is 9.50 Å². The van der Waals surface area contributed by atoms with Crippen molar-refractivity contribution in [3.8, 4) is 0 Å². The topological polar surface area (TPSA) is 20.2 Å². The second-order valence-electron chi connectivity index (χ2n) is 1.000. The molecule has 0 fully saturated rings. The van der Waals surface area contributed by atoms with E-state index in [0.717, 1.165) is 6.08 Å². The summed E-state index contributed by atoms with van der Waals surface area (Å²) in [6.07, 6.45) is 1.10. The minimum absolute atomic E-state index is 0.0394. The highest BCUT2D eigenvalue weighted by Gasteiger charge is 1.72. The number of allylic oxidation sites excluding steroid dienone is 2. The zero-order valence-corrected chi connectivity index (χ0v) is 3.61. The van der Waals surface area contributed by atoms with Crippen LogP contribution in [0, 0.1) is 0 Å². The molecule has 0 aromatic carbocycles. The molecular formula is C4H7FO. The van der Waals surface area contributed by atoms with E-state index in [4.69, 9.17) is 5.11 Å². The predicted molar refractivity (Wildman–Crippen MR) is 22.4 cm³/mol. The van der Waals surface area contributed by atoms with E-state index in [-0.39, 0.29) is 5.76 Å². The maximum absolute atomic E-state index is 11.0. The monoisotopic (exact) mass is 90.0 g/mol. The lowest BCUT2D eigenvalue weighted by Gasteiger charge is -1.78. The van der Waals surface area contributed by atoms with Crippen molar-refractivity contribution in [2.24, 2.45) is 0 Å². The van der Waals surface area contributed by atoms with Gasteiger partial charge < -0.3 is 5.11 Å². The molecule has 0 saturated heterocycles. The highest BCUT2D eigenvalue weighted by molar-refractivity contribution is 4.84. The average molecular weight is 90.1 g/mol. The SMILES string of the molecule is CC(O)=CCF. The van der Waals surface area contributed by atoms with Gasteiger partial charge in [-0.15, -0.1) is 0 Å². The molecule has 0 aromatic heterocycles. The molecule has 0 aliphatic carbocycles. The first-order valence-corrected chi connectivity index (χ1v) is 1.69. The van der Waals surface area contributed by atoms with Gasteiger partial charge >= 0.3 is 0 Å². The molecule has 0 aliphatic rings. The Kier molecular flexibility index (Phi) is 2.46. The summed E-state index contributed by atoms with van der Waals surface area (Å²) in [5.41, 5.74) is 0. The smallest absolute Gasteiger partial charge is 0.111 e. The number of halogens is 1. The van der Waals surface area contributed by atoms with Gasteiger partial charge in [0.2, 0.25) is 0 Å². The summed E-state index contributed by atoms with van der Waals surface area (Å²) in [6.45, 7) is 0.849. The third-order valence-electron chi connectivity index (χ3n) is 0.373. The molecule has 0 heterocycles. The van der Waals surface area contributed by atoms with Crippen LogP contribution >= 0.6 is 0 Å². The minimum atomic E-state index is -0.581. The van der Waals surface area contributed by atoms with E-state index >= 15 is 0 Å². The van der Waals surface area contributed by atoms with Gasteiger partial charge in [-0.3, -0.25) is 0 Å². The summed E-state index contributed by atoms with van der Waals surface area (Å²) in [4.78, 5) is 0. The molecule has 0 aliphatic heterocycles. The number of hydrogen-bond donors (Lipinski definition) is 1. The number of aliphatic hydroxyl groups excluding tert-OH is 1. The number of aliphatic hydroxyl groups is 1. The van der Waals surface area contributed by atoms with Crippen LogP contribution in [0.3, 0.4) is 0 Å². The van der Waals surface area contributed by atoms with E-state index in [1.54, 1.807) is 0 Å². The van der Waals surface area contributed by atoms with E-state index in [0.29, 0.717) is 0 Å². The Bertz CT molecular complexity index is 54.6. The van der Waals surface area contributed by atoms with Crippen molar-refractivity contribution in [2.75, 3.05) is 6.67 Å². The summed E-state index contributed by atoms with van der Waals surface area (Å²) in [5, 5.41) is 8.17. The molecule has 0 rings (SSSR count). The van der Waals surface area contributed by atoms with Gasteiger partial charge in [0, 0.05) is 0 Å². The maximum Gasteiger partial charge on any atom is 0.111 e. The summed E-state index contributed by atoms with van der Waals surface area (Å²) in [7, 11) is 0. The number of alkyl halides is 1. The molecule has 0 bridgehead atoms. The predicted octanol–water partition coefficient (Wildman–Crippen LogP) is 1.42. The van der Waals surface area contributed by atoms with Gasteiger partial charge in [0.05, 0.1) is 5.76 Å². The molecule has 0 spiro atoms. The average Bonchev–Trinajstić information content (AvgIpc) is 1.35. The first-order valence-electron chi connectivity index (χ1n) is 1.69. The highest BCUT2D eigenvalue weighted by Crippen LogP contribution is 1.81. The Balaban J connectivity index is 3.14. The van der Waals surface area contributed by atoms with Crippen molar-refractivity contribution in [1.29, 1.82) is 0 Å². The van der Waals surface area contributed by atoms with Crippen molar-refractivity contribution in [3.63, 3.8) is 0 Å². The lowest BCUT2D eigenvalue weighted by Crippen LogP contribution is -1.69. The van der Waals surface area contributed by atoms with E-state index in [2.05, 4.69) is 0 Å². The Morgan fingerprint density at radius 2 is 2.50 bits per heavy atom. The minimum Gasteiger partial charge on any atom is -0.513 e. The van der Waals surface area contributed by atoms with Crippen molar-refractivity contribution in [3.05, 3.63) is 11.8 Å². The van der Waals surface area contributed by atoms with E-state index in [1.807, 2.05) is 0 Å². The van der Waals surface area contributed by atoms with Gasteiger partial charge in [-0.05, 0) is 13.0 Å². The number of hydrogen-bond acceptors (Lipinski definition) is 1. The molecule has 1 nitrogen and oxygen atoms in total. The van der Waals surface area contributed by atoms with Gasteiger partial charge in [0.15, 0.2) is 0 Å². The lowest BCUT2D eigenvalue weighted by atomic mass is 10.5. The Hall–Kier alpha value is -0.530. The third kappa shape index (κ3) is 3.47. The highest BCUT2D eigenvalue weighted by atomic mass is 19.1. The van der Waals surface area contributed by atoms with Crippen LogP contribution in [0.4, 0.5) is 4.39 Å². The van der Waals surface area contributed by atoms with Crippen LogP contribution in [0.5, 0.6) is 0 Å². The van der Waals surface area contributed by atoms with Crippen LogP contribution in [-0.2, 0) is 0 Å². The van der Waals surface area contributed by atoms with Crippen molar-refractivity contribution in [1.82, 2.24) is 0 Å². The first-order chi connectivity index (χ1) is 2.77. The molecule has 36 valence electrons. The summed E-state index contributed by atoms with van der Waals surface area (Å²) >= 11 is 0. The number of rotatable bonds is 1. The molecule has 0 aromatic rings. The van der Waals surface area contributed by atoms with Crippen LogP contribution in [0.1, 0.15) is 6.92 Å². The molecule has 0 amide bonds. The van der Waals surface area contributed by atoms with Crippen LogP contribution in [0.15, 0.2) is 11.8 Å². The first kappa shape index (κ1) is 5.47. The fraction of sp³-hybridized carbons (Fsp3) is 0.500. The van der Waals surface area contributed by atoms with Gasteiger partial charge in [-0.25, -0.2) is 4.39 Å². The zero-order valence-electron chi connectivity index (χ0n) is 3.61. The fourth-order valence-electron chi connectivity index (χ4n) is 0.112. The molecule has 0 unspecified atom stereocenters. The molecule has 0 saturated carbocycles. The van der Waals surface area contributed by atoms with Gasteiger partial charge in [0.1, 0.15) is 6.67 Å². The van der Waals surface area contributed by atoms with Crippen LogP contribution in [0.25, 0.3) is 0 Å². The Morgan fingerprint density at radius 1 is 2.00 bits per heavy atom. The second-order valence-corrected chi connectivity index (χ2v) is 1.000. The normalized spacial score (nSPS) is 12.0. The molecule has 2 heteroatoms. The molecular weight excluding hydrogens is 83.0 g/mol. The molecule has 0 atom stereocenters. The van der Waals surface area contributed by atoms with Gasteiger partial charge in [0.25, 0.3) is 0 Å². The molecule has 6 heavy (non-hydrogen) atoms. The van der Waals surface area contributed by atoms with Gasteiger partial charge in [-0.2, -0.15) is 0 Å². The summed E-state index contributed by atoms with van der Waals surface area (Å²) < 4.78 is 11.0. The van der Waals surface area contributed by atoms with Crippen LogP contribution < -0.4 is 0 Å². The van der Waals surface area contributed by atoms with E-state index < -0.39 is 6.67 Å². The largest absolute Gasteiger partial charge is 0.513 e. The van der Waals surface area contributed by atoms with Crippen LogP contribution in [0.2, 0.25) is 0 Å². The zero-order chi connectivity index (χ0) is 4.99. The lowest BCUT2D eigenvalue weighted by molar-refractivity contribution is 0.405. The fourth-order valence-corrected chi connectivity index (χ4v) is 0.112. The summed E-state index contributed by atoms with van der Waals surface area (Å²) in [5.74, 6) is 0.0394. The van der Waals surface area contributed by atoms with E-state index in [9.17, 15) is 4.39 Å². The van der Waals surface area contributed by atoms with Crippen molar-refractivity contribution >= 4 is 0 Å². The van der Waals surface area contributed by atoms with E-state index in [1.165, 1.54) is 6.92 Å². The quantitative estimate of drug-likeness (QED) is 0.483. The Morgan fingerprint density at radius 3 is 2.50 bits per heavy atom. The Labute approximate surface area is 36.1 Å².